The van der Waals surface area contributed by atoms with E-state index in [9.17, 15) is 0 Å². The molecule has 19 heavy (non-hydrogen) atoms. The van der Waals surface area contributed by atoms with Crippen LogP contribution < -0.4 is 5.73 Å². The number of hydrogen-bond acceptors (Lipinski definition) is 2. The molecular weight excluding hydrogens is 279 g/mol. The molecule has 2 N–H and O–H groups in total. The highest BCUT2D eigenvalue weighted by molar-refractivity contribution is 6.30. The number of nitrogens with zero attached hydrogens (tertiary/aromatic N) is 1. The largest absolute Gasteiger partial charge is 0.327 e. The number of hydrogen-bond donors (Lipinski definition) is 1. The molecule has 2 nitrogen and oxygen atoms in total. The smallest absolute Gasteiger partial charge is 0.0406 e. The van der Waals surface area contributed by atoms with Gasteiger partial charge in [0.25, 0.3) is 0 Å². The minimum absolute atomic E-state index is 0. The maximum atomic E-state index is 6.25. The van der Waals surface area contributed by atoms with Crippen LogP contribution in [0.2, 0.25) is 5.02 Å². The predicted molar refractivity (Wildman–Crippen MR) is 82.8 cm³/mol. The second-order valence-electron chi connectivity index (χ2n) is 5.84. The molecule has 1 aliphatic carbocycles. The first kappa shape index (κ1) is 15.1. The summed E-state index contributed by atoms with van der Waals surface area (Å²) >= 11 is 5.92. The van der Waals surface area contributed by atoms with E-state index in [0.29, 0.717) is 6.04 Å². The van der Waals surface area contributed by atoms with Crippen LogP contribution >= 0.6 is 24.0 Å². The zero-order valence-electron chi connectivity index (χ0n) is 11.1. The average Bonchev–Trinajstić information content (AvgIpc) is 2.76. The molecule has 1 aromatic rings. The predicted octanol–water partition coefficient (Wildman–Crippen LogP) is 3.32. The van der Waals surface area contributed by atoms with Gasteiger partial charge in [0.05, 0.1) is 0 Å². The van der Waals surface area contributed by atoms with Gasteiger partial charge in [-0.3, -0.25) is 4.90 Å². The van der Waals surface area contributed by atoms with Crippen LogP contribution in [0.4, 0.5) is 0 Å². The average molecular weight is 301 g/mol. The zero-order valence-corrected chi connectivity index (χ0v) is 12.7. The van der Waals surface area contributed by atoms with Crippen molar-refractivity contribution in [2.24, 2.45) is 17.6 Å². The standard InChI is InChI=1S/C15H21ClN2.ClH/c16-13-6-4-11(5-7-13)8-18-9-12-2-1-3-15(17)14(12)10-18;/h4-7,12,14-15H,1-3,8-10,17H2;1H. The Labute approximate surface area is 126 Å². The van der Waals surface area contributed by atoms with E-state index >= 15 is 0 Å². The quantitative estimate of drug-likeness (QED) is 0.908. The Morgan fingerprint density at radius 2 is 1.89 bits per heavy atom. The molecule has 0 radical (unpaired) electrons. The molecule has 0 spiro atoms. The van der Waals surface area contributed by atoms with Crippen LogP contribution in [0.5, 0.6) is 0 Å². The van der Waals surface area contributed by atoms with Gasteiger partial charge < -0.3 is 5.73 Å². The van der Waals surface area contributed by atoms with Crippen molar-refractivity contribution in [1.29, 1.82) is 0 Å². The molecule has 1 heterocycles. The minimum Gasteiger partial charge on any atom is -0.327 e. The summed E-state index contributed by atoms with van der Waals surface area (Å²) in [5.41, 5.74) is 7.60. The Morgan fingerprint density at radius 3 is 2.58 bits per heavy atom. The second kappa shape index (κ2) is 6.45. The Kier molecular flexibility index (Phi) is 5.13. The van der Waals surface area contributed by atoms with E-state index in [1.807, 2.05) is 12.1 Å². The van der Waals surface area contributed by atoms with Crippen molar-refractivity contribution in [3.05, 3.63) is 34.9 Å². The lowest BCUT2D eigenvalue weighted by Gasteiger charge is -2.29. The molecule has 106 valence electrons. The van der Waals surface area contributed by atoms with Gasteiger partial charge in [-0.1, -0.05) is 30.2 Å². The van der Waals surface area contributed by atoms with E-state index in [1.54, 1.807) is 0 Å². The highest BCUT2D eigenvalue weighted by Gasteiger charge is 2.38. The van der Waals surface area contributed by atoms with E-state index in [1.165, 1.54) is 37.9 Å². The van der Waals surface area contributed by atoms with Crippen LogP contribution in [0.25, 0.3) is 0 Å². The van der Waals surface area contributed by atoms with Crippen LogP contribution in [-0.2, 0) is 6.54 Å². The van der Waals surface area contributed by atoms with Gasteiger partial charge in [-0.2, -0.15) is 0 Å². The fourth-order valence-electron chi connectivity index (χ4n) is 3.59. The third-order valence-corrected chi connectivity index (χ3v) is 4.80. The molecule has 3 unspecified atom stereocenters. The number of rotatable bonds is 2. The van der Waals surface area contributed by atoms with Crippen molar-refractivity contribution in [3.63, 3.8) is 0 Å². The van der Waals surface area contributed by atoms with E-state index in [4.69, 9.17) is 17.3 Å². The molecule has 0 amide bonds. The Bertz CT molecular complexity index is 407. The molecule has 1 aromatic carbocycles. The lowest BCUT2D eigenvalue weighted by molar-refractivity contribution is 0.259. The summed E-state index contributed by atoms with van der Waals surface area (Å²) in [6.45, 7) is 3.44. The first-order valence-electron chi connectivity index (χ1n) is 6.95. The molecule has 0 aromatic heterocycles. The summed E-state index contributed by atoms with van der Waals surface area (Å²) in [6.07, 6.45) is 3.91. The van der Waals surface area contributed by atoms with Gasteiger partial charge in [0, 0.05) is 30.7 Å². The van der Waals surface area contributed by atoms with E-state index in [-0.39, 0.29) is 12.4 Å². The molecule has 3 atom stereocenters. The monoisotopic (exact) mass is 300 g/mol. The molecule has 1 saturated heterocycles. The number of benzene rings is 1. The summed E-state index contributed by atoms with van der Waals surface area (Å²) in [7, 11) is 0. The van der Waals surface area contributed by atoms with Gasteiger partial charge in [-0.05, 0) is 42.4 Å². The van der Waals surface area contributed by atoms with Gasteiger partial charge in [-0.25, -0.2) is 0 Å². The number of likely N-dealkylation sites (tertiary alicyclic amines) is 1. The molecule has 2 aliphatic rings. The summed E-state index contributed by atoms with van der Waals surface area (Å²) in [5, 5.41) is 0.816. The van der Waals surface area contributed by atoms with Crippen molar-refractivity contribution in [2.75, 3.05) is 13.1 Å². The van der Waals surface area contributed by atoms with Gasteiger partial charge in [0.15, 0.2) is 0 Å². The zero-order chi connectivity index (χ0) is 12.5. The van der Waals surface area contributed by atoms with Crippen molar-refractivity contribution < 1.29 is 0 Å². The lowest BCUT2D eigenvalue weighted by Crippen LogP contribution is -2.38. The molecule has 2 fully saturated rings. The minimum atomic E-state index is 0. The molecule has 4 heteroatoms. The first-order valence-corrected chi connectivity index (χ1v) is 7.32. The molecule has 1 saturated carbocycles. The van der Waals surface area contributed by atoms with E-state index in [0.717, 1.165) is 23.4 Å². The van der Waals surface area contributed by atoms with Gasteiger partial charge in [0.2, 0.25) is 0 Å². The Balaban J connectivity index is 0.00000133. The summed E-state index contributed by atoms with van der Waals surface area (Å²) in [4.78, 5) is 2.56. The highest BCUT2D eigenvalue weighted by atomic mass is 35.5. The van der Waals surface area contributed by atoms with Crippen molar-refractivity contribution in [2.45, 2.75) is 31.8 Å². The van der Waals surface area contributed by atoms with Crippen molar-refractivity contribution in [1.82, 2.24) is 4.90 Å². The molecule has 0 bridgehead atoms. The second-order valence-corrected chi connectivity index (χ2v) is 6.28. The number of nitrogens with two attached hydrogens (primary N) is 1. The Morgan fingerprint density at radius 1 is 1.16 bits per heavy atom. The maximum Gasteiger partial charge on any atom is 0.0406 e. The first-order chi connectivity index (χ1) is 8.72. The van der Waals surface area contributed by atoms with Crippen LogP contribution in [0.1, 0.15) is 24.8 Å². The maximum absolute atomic E-state index is 6.25. The molecule has 1 aliphatic heterocycles. The van der Waals surface area contributed by atoms with Gasteiger partial charge in [0.1, 0.15) is 0 Å². The lowest BCUT2D eigenvalue weighted by atomic mass is 9.78. The van der Waals surface area contributed by atoms with Gasteiger partial charge in [-0.15, -0.1) is 12.4 Å². The number of halogens is 2. The number of fused-ring (bicyclic) bond motifs is 1. The third-order valence-electron chi connectivity index (χ3n) is 4.55. The van der Waals surface area contributed by atoms with Gasteiger partial charge >= 0.3 is 0 Å². The van der Waals surface area contributed by atoms with E-state index < -0.39 is 0 Å². The van der Waals surface area contributed by atoms with Crippen LogP contribution in [0, 0.1) is 11.8 Å². The van der Waals surface area contributed by atoms with E-state index in [2.05, 4.69) is 17.0 Å². The topological polar surface area (TPSA) is 29.3 Å². The van der Waals surface area contributed by atoms with Crippen molar-refractivity contribution in [3.8, 4) is 0 Å². The molecule has 3 rings (SSSR count). The summed E-state index contributed by atoms with van der Waals surface area (Å²) in [5.74, 6) is 1.56. The Hall–Kier alpha value is -0.280. The fraction of sp³-hybridized carbons (Fsp3) is 0.600. The normalized spacial score (nSPS) is 30.7. The van der Waals surface area contributed by atoms with Crippen molar-refractivity contribution >= 4 is 24.0 Å². The molecular formula is C15H22Cl2N2. The van der Waals surface area contributed by atoms with Crippen LogP contribution in [-0.4, -0.2) is 24.0 Å². The summed E-state index contributed by atoms with van der Waals surface area (Å²) in [6, 6.07) is 8.64. The van der Waals surface area contributed by atoms with Crippen LogP contribution in [0.3, 0.4) is 0 Å². The third kappa shape index (κ3) is 3.43. The highest BCUT2D eigenvalue weighted by Crippen LogP contribution is 2.36. The fourth-order valence-corrected chi connectivity index (χ4v) is 3.71. The SMILES string of the molecule is Cl.NC1CCCC2CN(Cc3ccc(Cl)cc3)CC12. The van der Waals surface area contributed by atoms with Crippen LogP contribution in [0.15, 0.2) is 24.3 Å². The summed E-state index contributed by atoms with van der Waals surface area (Å²) < 4.78 is 0.